The van der Waals surface area contributed by atoms with Crippen LogP contribution in [-0.2, 0) is 4.74 Å². The number of hydrogen-bond acceptors (Lipinski definition) is 4. The molecule has 0 aromatic heterocycles. The van der Waals surface area contributed by atoms with E-state index >= 15 is 0 Å². The molecule has 0 spiro atoms. The molecule has 27 heavy (non-hydrogen) atoms. The highest BCUT2D eigenvalue weighted by Gasteiger charge is 2.59. The fraction of sp³-hybridized carbons (Fsp3) is 0.650. The summed E-state index contributed by atoms with van der Waals surface area (Å²) >= 11 is 0. The van der Waals surface area contributed by atoms with Crippen LogP contribution in [0.15, 0.2) is 29.3 Å². The van der Waals surface area contributed by atoms with E-state index in [9.17, 15) is 5.11 Å². The van der Waals surface area contributed by atoms with Crippen LogP contribution in [0.25, 0.3) is 0 Å². The SMILES string of the molecule is CCNC(=NCC(O)c1ccc(OC)cc1)NC1C2CCOC2C1(C)C.I. The number of halogens is 1. The van der Waals surface area contributed by atoms with Gasteiger partial charge in [0.15, 0.2) is 5.96 Å². The van der Waals surface area contributed by atoms with Crippen molar-refractivity contribution in [2.75, 3.05) is 26.8 Å². The molecule has 1 saturated heterocycles. The van der Waals surface area contributed by atoms with E-state index in [0.717, 1.165) is 36.8 Å². The molecule has 1 aliphatic carbocycles. The number of hydrogen-bond donors (Lipinski definition) is 3. The first kappa shape index (κ1) is 22.2. The van der Waals surface area contributed by atoms with Crippen molar-refractivity contribution >= 4 is 29.9 Å². The molecule has 152 valence electrons. The van der Waals surface area contributed by atoms with E-state index in [1.807, 2.05) is 31.2 Å². The number of aliphatic imine (C=N–C) groups is 1. The Kier molecular flexibility index (Phi) is 7.76. The van der Waals surface area contributed by atoms with Crippen LogP contribution in [-0.4, -0.2) is 50.0 Å². The number of guanidine groups is 1. The van der Waals surface area contributed by atoms with Gasteiger partial charge in [-0.05, 0) is 31.0 Å². The third kappa shape index (κ3) is 4.68. The number of ether oxygens (including phenoxy) is 2. The van der Waals surface area contributed by atoms with Crippen LogP contribution < -0.4 is 15.4 Å². The Bertz CT molecular complexity index is 636. The zero-order chi connectivity index (χ0) is 18.7. The van der Waals surface area contributed by atoms with Crippen molar-refractivity contribution in [1.29, 1.82) is 0 Å². The maximum Gasteiger partial charge on any atom is 0.191 e. The minimum atomic E-state index is -0.645. The highest BCUT2D eigenvalue weighted by molar-refractivity contribution is 14.0. The molecule has 3 N–H and O–H groups in total. The van der Waals surface area contributed by atoms with Gasteiger partial charge in [-0.2, -0.15) is 0 Å². The van der Waals surface area contributed by atoms with Crippen LogP contribution in [0.2, 0.25) is 0 Å². The van der Waals surface area contributed by atoms with Gasteiger partial charge in [0, 0.05) is 30.5 Å². The normalized spacial score (nSPS) is 27.0. The van der Waals surface area contributed by atoms with E-state index < -0.39 is 6.10 Å². The fourth-order valence-electron chi connectivity index (χ4n) is 4.19. The van der Waals surface area contributed by atoms with Gasteiger partial charge in [0.25, 0.3) is 0 Å². The number of rotatable bonds is 6. The van der Waals surface area contributed by atoms with Gasteiger partial charge in [0.05, 0.1) is 25.9 Å². The number of benzene rings is 1. The topological polar surface area (TPSA) is 75.1 Å². The second kappa shape index (κ2) is 9.43. The molecule has 1 aromatic carbocycles. The number of fused-ring (bicyclic) bond motifs is 1. The van der Waals surface area contributed by atoms with Gasteiger partial charge in [-0.25, -0.2) is 0 Å². The largest absolute Gasteiger partial charge is 0.497 e. The van der Waals surface area contributed by atoms with Crippen LogP contribution in [0.5, 0.6) is 5.75 Å². The van der Waals surface area contributed by atoms with E-state index in [-0.39, 0.29) is 29.4 Å². The van der Waals surface area contributed by atoms with Gasteiger partial charge in [-0.1, -0.05) is 26.0 Å². The zero-order valence-electron chi connectivity index (χ0n) is 16.6. The number of aliphatic hydroxyl groups is 1. The van der Waals surface area contributed by atoms with Crippen molar-refractivity contribution in [2.24, 2.45) is 16.3 Å². The van der Waals surface area contributed by atoms with Crippen LogP contribution >= 0.6 is 24.0 Å². The predicted molar refractivity (Wildman–Crippen MR) is 118 cm³/mol. The first-order chi connectivity index (χ1) is 12.5. The number of aliphatic hydroxyl groups excluding tert-OH is 1. The van der Waals surface area contributed by atoms with Crippen LogP contribution in [0.1, 0.15) is 38.9 Å². The molecular formula is C20H32IN3O3. The van der Waals surface area contributed by atoms with Crippen molar-refractivity contribution in [3.05, 3.63) is 29.8 Å². The molecule has 3 rings (SSSR count). The van der Waals surface area contributed by atoms with E-state index in [1.165, 1.54) is 0 Å². The average molecular weight is 489 g/mol. The summed E-state index contributed by atoms with van der Waals surface area (Å²) in [6.07, 6.45) is 0.792. The lowest BCUT2D eigenvalue weighted by molar-refractivity contribution is -0.106. The van der Waals surface area contributed by atoms with Gasteiger partial charge < -0.3 is 25.2 Å². The average Bonchev–Trinajstić information content (AvgIpc) is 3.11. The van der Waals surface area contributed by atoms with Crippen molar-refractivity contribution in [1.82, 2.24) is 10.6 Å². The zero-order valence-corrected chi connectivity index (χ0v) is 18.9. The molecule has 7 heteroatoms. The molecule has 6 nitrogen and oxygen atoms in total. The molecule has 4 atom stereocenters. The van der Waals surface area contributed by atoms with Gasteiger partial charge in [-0.3, -0.25) is 4.99 Å². The first-order valence-electron chi connectivity index (χ1n) is 9.45. The van der Waals surface area contributed by atoms with Crippen LogP contribution in [0, 0.1) is 11.3 Å². The number of nitrogens with one attached hydrogen (secondary N) is 2. The molecule has 2 fully saturated rings. The summed E-state index contributed by atoms with van der Waals surface area (Å²) in [5, 5.41) is 17.3. The second-order valence-corrected chi connectivity index (χ2v) is 7.70. The summed E-state index contributed by atoms with van der Waals surface area (Å²) in [5.74, 6) is 2.07. The van der Waals surface area contributed by atoms with Crippen molar-refractivity contribution in [2.45, 2.75) is 45.4 Å². The van der Waals surface area contributed by atoms with Gasteiger partial charge >= 0.3 is 0 Å². The summed E-state index contributed by atoms with van der Waals surface area (Å²) in [7, 11) is 1.63. The Balaban J connectivity index is 0.00000261. The minimum absolute atomic E-state index is 0. The summed E-state index contributed by atoms with van der Waals surface area (Å²) in [6.45, 7) is 8.47. The van der Waals surface area contributed by atoms with Gasteiger partial charge in [0.2, 0.25) is 0 Å². The molecule has 0 bridgehead atoms. The summed E-state index contributed by atoms with van der Waals surface area (Å²) in [4.78, 5) is 4.61. The van der Waals surface area contributed by atoms with E-state index in [1.54, 1.807) is 7.11 Å². The van der Waals surface area contributed by atoms with Crippen molar-refractivity contribution < 1.29 is 14.6 Å². The van der Waals surface area contributed by atoms with E-state index in [2.05, 4.69) is 29.5 Å². The lowest BCUT2D eigenvalue weighted by Gasteiger charge is -2.54. The van der Waals surface area contributed by atoms with Gasteiger partial charge in [-0.15, -0.1) is 24.0 Å². The Hall–Kier alpha value is -1.06. The Morgan fingerprint density at radius 3 is 2.70 bits per heavy atom. The van der Waals surface area contributed by atoms with Crippen LogP contribution in [0.4, 0.5) is 0 Å². The molecule has 1 aromatic rings. The Morgan fingerprint density at radius 1 is 1.37 bits per heavy atom. The summed E-state index contributed by atoms with van der Waals surface area (Å²) < 4.78 is 11.0. The predicted octanol–water partition coefficient (Wildman–Crippen LogP) is 2.72. The third-order valence-electron chi connectivity index (χ3n) is 5.66. The minimum Gasteiger partial charge on any atom is -0.497 e. The first-order valence-corrected chi connectivity index (χ1v) is 9.45. The van der Waals surface area contributed by atoms with E-state index in [4.69, 9.17) is 9.47 Å². The molecular weight excluding hydrogens is 457 g/mol. The molecule has 4 unspecified atom stereocenters. The Labute approximate surface area is 179 Å². The van der Waals surface area contributed by atoms with Crippen LogP contribution in [0.3, 0.4) is 0 Å². The molecule has 0 radical (unpaired) electrons. The number of nitrogens with zero attached hydrogens (tertiary/aromatic N) is 1. The van der Waals surface area contributed by atoms with Gasteiger partial charge in [0.1, 0.15) is 5.75 Å². The van der Waals surface area contributed by atoms with E-state index in [0.29, 0.717) is 24.6 Å². The second-order valence-electron chi connectivity index (χ2n) is 7.70. The molecule has 1 heterocycles. The third-order valence-corrected chi connectivity index (χ3v) is 5.66. The maximum atomic E-state index is 10.4. The maximum absolute atomic E-state index is 10.4. The van der Waals surface area contributed by atoms with Crippen molar-refractivity contribution in [3.8, 4) is 5.75 Å². The molecule has 1 aliphatic heterocycles. The lowest BCUT2D eigenvalue weighted by atomic mass is 9.57. The summed E-state index contributed by atoms with van der Waals surface area (Å²) in [5.41, 5.74) is 0.921. The highest BCUT2D eigenvalue weighted by Crippen LogP contribution is 2.52. The monoisotopic (exact) mass is 489 g/mol. The molecule has 2 aliphatic rings. The Morgan fingerprint density at radius 2 is 2.07 bits per heavy atom. The number of methoxy groups -OCH3 is 1. The smallest absolute Gasteiger partial charge is 0.191 e. The lowest BCUT2D eigenvalue weighted by Crippen LogP contribution is -2.68. The molecule has 0 amide bonds. The molecule has 1 saturated carbocycles. The highest BCUT2D eigenvalue weighted by atomic mass is 127. The van der Waals surface area contributed by atoms with Crippen molar-refractivity contribution in [3.63, 3.8) is 0 Å². The standard InChI is InChI=1S/C20H31N3O3.HI/c1-5-21-19(23-17-15-10-11-26-18(15)20(17,2)3)22-12-16(24)13-6-8-14(25-4)9-7-13;/h6-9,15-18,24H,5,10-12H2,1-4H3,(H2,21,22,23);1H. The fourth-order valence-corrected chi connectivity index (χ4v) is 4.19. The summed E-state index contributed by atoms with van der Waals surface area (Å²) in [6, 6.07) is 7.78. The quantitative estimate of drug-likeness (QED) is 0.326.